The van der Waals surface area contributed by atoms with E-state index < -0.39 is 0 Å². The molecule has 0 radical (unpaired) electrons. The normalized spacial score (nSPS) is 19.5. The largest absolute Gasteiger partial charge is 0.306 e. The van der Waals surface area contributed by atoms with Crippen LogP contribution in [0, 0.1) is 0 Å². The van der Waals surface area contributed by atoms with Gasteiger partial charge in [-0.3, -0.25) is 4.90 Å². The van der Waals surface area contributed by atoms with Crippen molar-refractivity contribution in [3.63, 3.8) is 0 Å². The monoisotopic (exact) mass is 316 g/mol. The maximum Gasteiger partial charge on any atom is 0.190 e. The van der Waals surface area contributed by atoms with Gasteiger partial charge in [-0.05, 0) is 38.1 Å². The lowest BCUT2D eigenvalue weighted by Crippen LogP contribution is -2.35. The van der Waals surface area contributed by atoms with Crippen molar-refractivity contribution in [1.82, 2.24) is 19.7 Å². The maximum absolute atomic E-state index is 4.49. The van der Waals surface area contributed by atoms with E-state index in [0.29, 0.717) is 5.92 Å². The first-order chi connectivity index (χ1) is 10.8. The Morgan fingerprint density at radius 3 is 2.77 bits per heavy atom. The molecule has 4 nitrogen and oxygen atoms in total. The molecule has 1 aliphatic rings. The predicted octanol–water partition coefficient (Wildman–Crippen LogP) is 3.40. The number of aromatic nitrogens is 3. The second kappa shape index (κ2) is 7.29. The molecule has 0 spiro atoms. The van der Waals surface area contributed by atoms with Crippen molar-refractivity contribution in [3.8, 4) is 0 Å². The third-order valence-electron chi connectivity index (χ3n) is 4.36. The Balaban J connectivity index is 1.72. The Bertz CT molecular complexity index is 596. The molecular weight excluding hydrogens is 292 g/mol. The molecule has 0 unspecified atom stereocenters. The minimum absolute atomic E-state index is 0.505. The highest BCUT2D eigenvalue weighted by molar-refractivity contribution is 7.98. The van der Waals surface area contributed by atoms with Gasteiger partial charge in [0.25, 0.3) is 0 Å². The quantitative estimate of drug-likeness (QED) is 0.792. The molecule has 1 aliphatic heterocycles. The van der Waals surface area contributed by atoms with Crippen molar-refractivity contribution in [2.45, 2.75) is 43.9 Å². The van der Waals surface area contributed by atoms with Gasteiger partial charge in [0, 0.05) is 25.6 Å². The highest BCUT2D eigenvalue weighted by atomic mass is 32.2. The SMILES string of the molecule is CCn1c(SC)nnc1[C@H]1CCCN(Cc2ccccc2)C1. The molecule has 2 heterocycles. The molecule has 1 fully saturated rings. The second-order valence-corrected chi connectivity index (χ2v) is 6.62. The van der Waals surface area contributed by atoms with Gasteiger partial charge in [-0.1, -0.05) is 42.1 Å². The van der Waals surface area contributed by atoms with Crippen LogP contribution in [-0.4, -0.2) is 39.0 Å². The third-order valence-corrected chi connectivity index (χ3v) is 5.03. The van der Waals surface area contributed by atoms with Crippen molar-refractivity contribution in [1.29, 1.82) is 0 Å². The molecule has 22 heavy (non-hydrogen) atoms. The van der Waals surface area contributed by atoms with Crippen LogP contribution in [0.1, 0.15) is 37.1 Å². The minimum atomic E-state index is 0.505. The van der Waals surface area contributed by atoms with Gasteiger partial charge in [0.05, 0.1) is 0 Å². The molecule has 2 aromatic rings. The van der Waals surface area contributed by atoms with E-state index in [1.165, 1.54) is 30.8 Å². The lowest BCUT2D eigenvalue weighted by atomic mass is 9.96. The fourth-order valence-corrected chi connectivity index (χ4v) is 3.87. The van der Waals surface area contributed by atoms with Gasteiger partial charge in [-0.2, -0.15) is 0 Å². The zero-order chi connectivity index (χ0) is 15.4. The van der Waals surface area contributed by atoms with E-state index in [0.717, 1.165) is 24.8 Å². The van der Waals surface area contributed by atoms with Crippen LogP contribution in [-0.2, 0) is 13.1 Å². The Kier molecular flexibility index (Phi) is 5.16. The zero-order valence-corrected chi connectivity index (χ0v) is 14.2. The predicted molar refractivity (Wildman–Crippen MR) is 91.2 cm³/mol. The van der Waals surface area contributed by atoms with Crippen LogP contribution in [0.3, 0.4) is 0 Å². The minimum Gasteiger partial charge on any atom is -0.306 e. The van der Waals surface area contributed by atoms with Crippen LogP contribution >= 0.6 is 11.8 Å². The van der Waals surface area contributed by atoms with Crippen LogP contribution in [0.4, 0.5) is 0 Å². The molecule has 1 aromatic heterocycles. The fourth-order valence-electron chi connectivity index (χ4n) is 3.30. The van der Waals surface area contributed by atoms with Crippen molar-refractivity contribution in [3.05, 3.63) is 41.7 Å². The van der Waals surface area contributed by atoms with Gasteiger partial charge in [0.2, 0.25) is 0 Å². The molecule has 1 saturated heterocycles. The first kappa shape index (κ1) is 15.6. The highest BCUT2D eigenvalue weighted by Crippen LogP contribution is 2.28. The highest BCUT2D eigenvalue weighted by Gasteiger charge is 2.26. The molecule has 5 heteroatoms. The Morgan fingerprint density at radius 1 is 1.23 bits per heavy atom. The van der Waals surface area contributed by atoms with Crippen molar-refractivity contribution < 1.29 is 0 Å². The topological polar surface area (TPSA) is 34.0 Å². The van der Waals surface area contributed by atoms with E-state index in [1.54, 1.807) is 11.8 Å². The van der Waals surface area contributed by atoms with E-state index in [9.17, 15) is 0 Å². The summed E-state index contributed by atoms with van der Waals surface area (Å²) in [4.78, 5) is 2.55. The van der Waals surface area contributed by atoms with E-state index >= 15 is 0 Å². The summed E-state index contributed by atoms with van der Waals surface area (Å²) < 4.78 is 2.28. The molecule has 3 rings (SSSR count). The lowest BCUT2D eigenvalue weighted by molar-refractivity contribution is 0.194. The molecule has 118 valence electrons. The number of hydrogen-bond donors (Lipinski definition) is 0. The number of benzene rings is 1. The number of hydrogen-bond acceptors (Lipinski definition) is 4. The average Bonchev–Trinajstić information content (AvgIpc) is 2.99. The van der Waals surface area contributed by atoms with Crippen LogP contribution in [0.5, 0.6) is 0 Å². The molecular formula is C17H24N4S. The van der Waals surface area contributed by atoms with Gasteiger partial charge in [-0.15, -0.1) is 10.2 Å². The van der Waals surface area contributed by atoms with E-state index in [1.807, 2.05) is 0 Å². The molecule has 0 aliphatic carbocycles. The standard InChI is InChI=1S/C17H24N4S/c1-3-21-16(18-19-17(21)22-2)15-10-7-11-20(13-15)12-14-8-5-4-6-9-14/h4-6,8-9,15H,3,7,10-13H2,1-2H3/t15-/m0/s1. The molecule has 0 bridgehead atoms. The number of likely N-dealkylation sites (tertiary alicyclic amines) is 1. The summed E-state index contributed by atoms with van der Waals surface area (Å²) in [6.07, 6.45) is 4.53. The van der Waals surface area contributed by atoms with Crippen LogP contribution in [0.15, 0.2) is 35.5 Å². The smallest absolute Gasteiger partial charge is 0.190 e. The average molecular weight is 316 g/mol. The van der Waals surface area contributed by atoms with Gasteiger partial charge in [-0.25, -0.2) is 0 Å². The third kappa shape index (κ3) is 3.36. The Hall–Kier alpha value is -1.33. The Labute approximate surface area is 136 Å². The molecule has 0 amide bonds. The van der Waals surface area contributed by atoms with Gasteiger partial charge >= 0.3 is 0 Å². The second-order valence-electron chi connectivity index (χ2n) is 5.85. The van der Waals surface area contributed by atoms with Crippen LogP contribution in [0.25, 0.3) is 0 Å². The molecule has 1 atom stereocenters. The number of rotatable bonds is 5. The number of piperidine rings is 1. The summed E-state index contributed by atoms with van der Waals surface area (Å²) in [7, 11) is 0. The van der Waals surface area contributed by atoms with E-state index in [-0.39, 0.29) is 0 Å². The van der Waals surface area contributed by atoms with Gasteiger partial charge < -0.3 is 4.57 Å². The summed E-state index contributed by atoms with van der Waals surface area (Å²) in [6.45, 7) is 6.43. The van der Waals surface area contributed by atoms with Crippen LogP contribution < -0.4 is 0 Å². The van der Waals surface area contributed by atoms with Crippen LogP contribution in [0.2, 0.25) is 0 Å². The first-order valence-electron chi connectivity index (χ1n) is 8.05. The summed E-state index contributed by atoms with van der Waals surface area (Å²) in [5, 5.41) is 9.88. The first-order valence-corrected chi connectivity index (χ1v) is 9.27. The summed E-state index contributed by atoms with van der Waals surface area (Å²) in [5.74, 6) is 1.68. The number of nitrogens with zero attached hydrogens (tertiary/aromatic N) is 4. The van der Waals surface area contributed by atoms with Crippen molar-refractivity contribution >= 4 is 11.8 Å². The molecule has 0 saturated carbocycles. The Morgan fingerprint density at radius 2 is 2.05 bits per heavy atom. The molecule has 0 N–H and O–H groups in total. The molecule has 1 aromatic carbocycles. The van der Waals surface area contributed by atoms with Gasteiger partial charge in [0.15, 0.2) is 5.16 Å². The van der Waals surface area contributed by atoms with Gasteiger partial charge in [0.1, 0.15) is 5.82 Å². The maximum atomic E-state index is 4.49. The zero-order valence-electron chi connectivity index (χ0n) is 13.4. The van der Waals surface area contributed by atoms with Crippen molar-refractivity contribution in [2.24, 2.45) is 0 Å². The van der Waals surface area contributed by atoms with E-state index in [2.05, 4.69) is 63.2 Å². The fraction of sp³-hybridized carbons (Fsp3) is 0.529. The summed E-state index contributed by atoms with van der Waals surface area (Å²) in [5.41, 5.74) is 1.39. The summed E-state index contributed by atoms with van der Waals surface area (Å²) in [6, 6.07) is 10.7. The van der Waals surface area contributed by atoms with E-state index in [4.69, 9.17) is 0 Å². The number of thioether (sulfide) groups is 1. The lowest BCUT2D eigenvalue weighted by Gasteiger charge is -2.32. The van der Waals surface area contributed by atoms with Crippen molar-refractivity contribution in [2.75, 3.05) is 19.3 Å². The summed E-state index contributed by atoms with van der Waals surface area (Å²) >= 11 is 1.68.